The van der Waals surface area contributed by atoms with Gasteiger partial charge in [0.15, 0.2) is 17.3 Å². The second-order valence-corrected chi connectivity index (χ2v) is 7.73. The summed E-state index contributed by atoms with van der Waals surface area (Å²) in [6, 6.07) is 7.79. The van der Waals surface area contributed by atoms with Crippen LogP contribution < -0.4 is 9.47 Å². The van der Waals surface area contributed by atoms with Crippen LogP contribution >= 0.6 is 11.3 Å². The topological polar surface area (TPSA) is 55.8 Å². The van der Waals surface area contributed by atoms with E-state index in [0.717, 1.165) is 42.7 Å². The van der Waals surface area contributed by atoms with Gasteiger partial charge in [-0.25, -0.2) is 0 Å². The van der Waals surface area contributed by atoms with E-state index in [2.05, 4.69) is 0 Å². The van der Waals surface area contributed by atoms with Crippen molar-refractivity contribution in [3.63, 3.8) is 0 Å². The Morgan fingerprint density at radius 2 is 1.92 bits per heavy atom. The number of carbonyl (C=O) groups is 2. The van der Waals surface area contributed by atoms with Gasteiger partial charge < -0.3 is 14.4 Å². The molecular formula is C20H21NO4S. The number of hydrogen-bond acceptors (Lipinski definition) is 5. The standard InChI is InChI=1S/C20H21NO4S/c1-13(22)19-9-15(11-26-19)20(23)21(16-4-2-3-5-16)10-14-6-7-17-18(8-14)25-12-24-17/h6-9,11,16H,2-5,10,12H2,1H3. The van der Waals surface area contributed by atoms with Gasteiger partial charge in [0, 0.05) is 18.0 Å². The van der Waals surface area contributed by atoms with Crippen LogP contribution in [0.15, 0.2) is 29.6 Å². The number of amides is 1. The highest BCUT2D eigenvalue weighted by Gasteiger charge is 2.29. The summed E-state index contributed by atoms with van der Waals surface area (Å²) >= 11 is 1.33. The third kappa shape index (κ3) is 3.33. The summed E-state index contributed by atoms with van der Waals surface area (Å²) in [4.78, 5) is 27.3. The van der Waals surface area contributed by atoms with Crippen molar-refractivity contribution in [3.05, 3.63) is 45.6 Å². The van der Waals surface area contributed by atoms with E-state index < -0.39 is 0 Å². The lowest BCUT2D eigenvalue weighted by molar-refractivity contribution is 0.0665. The van der Waals surface area contributed by atoms with Crippen LogP contribution in [0.4, 0.5) is 0 Å². The van der Waals surface area contributed by atoms with Crippen molar-refractivity contribution in [2.24, 2.45) is 0 Å². The third-order valence-electron chi connectivity index (χ3n) is 5.01. The Bertz CT molecular complexity index is 838. The second kappa shape index (κ2) is 7.11. The normalized spacial score (nSPS) is 16.0. The highest BCUT2D eigenvalue weighted by molar-refractivity contribution is 7.12. The first-order valence-corrected chi connectivity index (χ1v) is 9.79. The molecule has 2 aliphatic rings. The van der Waals surface area contributed by atoms with Crippen LogP contribution in [0.5, 0.6) is 11.5 Å². The van der Waals surface area contributed by atoms with E-state index in [9.17, 15) is 9.59 Å². The van der Waals surface area contributed by atoms with Crippen LogP contribution in [0, 0.1) is 0 Å². The number of hydrogen-bond donors (Lipinski definition) is 0. The molecule has 1 aromatic carbocycles. The molecule has 1 fully saturated rings. The van der Waals surface area contributed by atoms with Crippen molar-refractivity contribution in [1.82, 2.24) is 4.90 Å². The highest BCUT2D eigenvalue weighted by atomic mass is 32.1. The van der Waals surface area contributed by atoms with Crippen LogP contribution in [-0.4, -0.2) is 29.4 Å². The number of benzene rings is 1. The van der Waals surface area contributed by atoms with Gasteiger partial charge in [0.1, 0.15) is 0 Å². The van der Waals surface area contributed by atoms with Crippen LogP contribution in [-0.2, 0) is 6.54 Å². The molecule has 4 rings (SSSR count). The number of carbonyl (C=O) groups excluding carboxylic acids is 2. The molecule has 1 saturated carbocycles. The Balaban J connectivity index is 1.59. The molecule has 136 valence electrons. The maximum Gasteiger partial charge on any atom is 0.255 e. The maximum absolute atomic E-state index is 13.2. The first kappa shape index (κ1) is 17.1. The summed E-state index contributed by atoms with van der Waals surface area (Å²) in [7, 11) is 0. The molecule has 0 unspecified atom stereocenters. The molecule has 26 heavy (non-hydrogen) atoms. The van der Waals surface area contributed by atoms with Crippen LogP contribution in [0.25, 0.3) is 0 Å². The predicted octanol–water partition coefficient (Wildman–Crippen LogP) is 4.26. The van der Waals surface area contributed by atoms with Gasteiger partial charge in [-0.3, -0.25) is 9.59 Å². The molecule has 1 amide bonds. The van der Waals surface area contributed by atoms with Crippen molar-refractivity contribution >= 4 is 23.0 Å². The fourth-order valence-electron chi connectivity index (χ4n) is 3.62. The second-order valence-electron chi connectivity index (χ2n) is 6.81. The number of nitrogens with zero attached hydrogens (tertiary/aromatic N) is 1. The molecule has 2 heterocycles. The average Bonchev–Trinajstić information content (AvgIpc) is 3.39. The Morgan fingerprint density at radius 3 is 2.65 bits per heavy atom. The Hall–Kier alpha value is -2.34. The summed E-state index contributed by atoms with van der Waals surface area (Å²) < 4.78 is 10.8. The number of fused-ring (bicyclic) bond motifs is 1. The predicted molar refractivity (Wildman–Crippen MR) is 99.0 cm³/mol. The van der Waals surface area contributed by atoms with Crippen molar-refractivity contribution in [2.75, 3.05) is 6.79 Å². The molecule has 1 aliphatic carbocycles. The summed E-state index contributed by atoms with van der Waals surface area (Å²) in [5.41, 5.74) is 1.63. The van der Waals surface area contributed by atoms with Gasteiger partial charge >= 0.3 is 0 Å². The molecule has 2 aromatic rings. The lowest BCUT2D eigenvalue weighted by atomic mass is 10.1. The molecular weight excluding hydrogens is 350 g/mol. The minimum atomic E-state index is -0.00256. The number of ether oxygens (including phenoxy) is 2. The van der Waals surface area contributed by atoms with Gasteiger partial charge in [-0.15, -0.1) is 11.3 Å². The molecule has 6 heteroatoms. The van der Waals surface area contributed by atoms with E-state index in [1.54, 1.807) is 11.4 Å². The van der Waals surface area contributed by atoms with Crippen molar-refractivity contribution in [1.29, 1.82) is 0 Å². The van der Waals surface area contributed by atoms with Gasteiger partial charge in [-0.2, -0.15) is 0 Å². The van der Waals surface area contributed by atoms with Crippen molar-refractivity contribution in [3.8, 4) is 11.5 Å². The third-order valence-corrected chi connectivity index (χ3v) is 6.04. The minimum absolute atomic E-state index is 0.00156. The van der Waals surface area contributed by atoms with Crippen LogP contribution in [0.2, 0.25) is 0 Å². The Morgan fingerprint density at radius 1 is 1.15 bits per heavy atom. The van der Waals surface area contributed by atoms with Gasteiger partial charge in [-0.1, -0.05) is 18.9 Å². The van der Waals surface area contributed by atoms with E-state index in [1.807, 2.05) is 23.1 Å². The maximum atomic E-state index is 13.2. The van der Waals surface area contributed by atoms with Crippen molar-refractivity contribution < 1.29 is 19.1 Å². The molecule has 0 saturated heterocycles. The first-order valence-electron chi connectivity index (χ1n) is 8.91. The van der Waals surface area contributed by atoms with E-state index in [1.165, 1.54) is 18.3 Å². The zero-order valence-corrected chi connectivity index (χ0v) is 15.5. The summed E-state index contributed by atoms with van der Waals surface area (Å²) in [6.07, 6.45) is 4.36. The summed E-state index contributed by atoms with van der Waals surface area (Å²) in [5.74, 6) is 1.47. The quantitative estimate of drug-likeness (QED) is 0.737. The van der Waals surface area contributed by atoms with Crippen LogP contribution in [0.1, 0.15) is 58.2 Å². The fraction of sp³-hybridized carbons (Fsp3) is 0.400. The molecule has 0 N–H and O–H groups in total. The van der Waals surface area contributed by atoms with Crippen molar-refractivity contribution in [2.45, 2.75) is 45.2 Å². The average molecular weight is 371 g/mol. The van der Waals surface area contributed by atoms with Gasteiger partial charge in [0.05, 0.1) is 10.4 Å². The van der Waals surface area contributed by atoms with E-state index in [4.69, 9.17) is 9.47 Å². The highest BCUT2D eigenvalue weighted by Crippen LogP contribution is 2.34. The SMILES string of the molecule is CC(=O)c1cc(C(=O)N(Cc2ccc3c(c2)OCO3)C2CCCC2)cs1. The van der Waals surface area contributed by atoms with E-state index in [-0.39, 0.29) is 24.5 Å². The smallest absolute Gasteiger partial charge is 0.255 e. The number of thiophene rings is 1. The largest absolute Gasteiger partial charge is 0.454 e. The monoisotopic (exact) mass is 371 g/mol. The molecule has 0 atom stereocenters. The number of rotatable bonds is 5. The fourth-order valence-corrected chi connectivity index (χ4v) is 4.40. The zero-order valence-electron chi connectivity index (χ0n) is 14.7. The molecule has 5 nitrogen and oxygen atoms in total. The van der Waals surface area contributed by atoms with E-state index in [0.29, 0.717) is 17.0 Å². The van der Waals surface area contributed by atoms with Gasteiger partial charge in [-0.05, 0) is 43.5 Å². The zero-order chi connectivity index (χ0) is 18.1. The lowest BCUT2D eigenvalue weighted by Gasteiger charge is -2.29. The molecule has 0 bridgehead atoms. The summed E-state index contributed by atoms with van der Waals surface area (Å²) in [5, 5.41) is 1.79. The van der Waals surface area contributed by atoms with Gasteiger partial charge in [0.25, 0.3) is 5.91 Å². The number of ketones is 1. The first-order chi connectivity index (χ1) is 12.6. The minimum Gasteiger partial charge on any atom is -0.454 e. The summed E-state index contributed by atoms with van der Waals surface area (Å²) in [6.45, 7) is 2.31. The Kier molecular flexibility index (Phi) is 4.68. The van der Waals surface area contributed by atoms with E-state index >= 15 is 0 Å². The van der Waals surface area contributed by atoms with Crippen LogP contribution in [0.3, 0.4) is 0 Å². The molecule has 0 radical (unpaired) electrons. The van der Waals surface area contributed by atoms with Gasteiger partial charge in [0.2, 0.25) is 6.79 Å². The molecule has 1 aromatic heterocycles. The molecule has 0 spiro atoms. The Labute approximate surface area is 156 Å². The number of Topliss-reactive ketones (excluding diaryl/α,β-unsaturated/α-hetero) is 1. The molecule has 1 aliphatic heterocycles. The lowest BCUT2D eigenvalue weighted by Crippen LogP contribution is -2.38.